The van der Waals surface area contributed by atoms with Gasteiger partial charge in [0, 0.05) is 13.2 Å². The summed E-state index contributed by atoms with van der Waals surface area (Å²) < 4.78 is 6.16. The standard InChI is InChI=1S/C11H17N3O3/c1-4-5-9(11(16)17-3)13-10(15)8-6-12-14(2)7-8/h6-7,9H,4-5H2,1-3H3,(H,13,15)/t9-/m1/s1. The average Bonchev–Trinajstić information content (AvgIpc) is 2.74. The number of esters is 1. The summed E-state index contributed by atoms with van der Waals surface area (Å²) in [5.74, 6) is -0.744. The van der Waals surface area contributed by atoms with Gasteiger partial charge in [-0.1, -0.05) is 13.3 Å². The molecule has 1 N–H and O–H groups in total. The van der Waals surface area contributed by atoms with Crippen LogP contribution >= 0.6 is 0 Å². The molecular formula is C11H17N3O3. The molecular weight excluding hydrogens is 222 g/mol. The van der Waals surface area contributed by atoms with Crippen LogP contribution in [0, 0.1) is 0 Å². The molecule has 6 nitrogen and oxygen atoms in total. The summed E-state index contributed by atoms with van der Waals surface area (Å²) in [6.07, 6.45) is 4.39. The Morgan fingerprint density at radius 3 is 2.76 bits per heavy atom. The number of carbonyl (C=O) groups is 2. The number of methoxy groups -OCH3 is 1. The van der Waals surface area contributed by atoms with Crippen LogP contribution in [0.4, 0.5) is 0 Å². The first-order valence-electron chi connectivity index (χ1n) is 5.45. The van der Waals surface area contributed by atoms with Crippen LogP contribution in [-0.2, 0) is 16.6 Å². The number of aryl methyl sites for hydroxylation is 1. The zero-order valence-electron chi connectivity index (χ0n) is 10.3. The summed E-state index contributed by atoms with van der Waals surface area (Å²) in [7, 11) is 3.03. The summed E-state index contributed by atoms with van der Waals surface area (Å²) in [5, 5.41) is 6.53. The number of hydrogen-bond acceptors (Lipinski definition) is 4. The Hall–Kier alpha value is -1.85. The zero-order chi connectivity index (χ0) is 12.8. The van der Waals surface area contributed by atoms with Crippen molar-refractivity contribution in [1.29, 1.82) is 0 Å². The Morgan fingerprint density at radius 2 is 2.29 bits per heavy atom. The Balaban J connectivity index is 2.67. The summed E-state index contributed by atoms with van der Waals surface area (Å²) in [6.45, 7) is 1.94. The van der Waals surface area contributed by atoms with Crippen molar-refractivity contribution in [3.63, 3.8) is 0 Å². The van der Waals surface area contributed by atoms with Crippen molar-refractivity contribution in [2.24, 2.45) is 7.05 Å². The molecule has 0 aromatic carbocycles. The number of nitrogens with one attached hydrogen (secondary N) is 1. The van der Waals surface area contributed by atoms with Crippen molar-refractivity contribution in [1.82, 2.24) is 15.1 Å². The van der Waals surface area contributed by atoms with Crippen LogP contribution in [0.15, 0.2) is 12.4 Å². The molecule has 1 aromatic heterocycles. The highest BCUT2D eigenvalue weighted by Gasteiger charge is 2.21. The summed E-state index contributed by atoms with van der Waals surface area (Å²) in [6, 6.07) is -0.599. The fraction of sp³-hybridized carbons (Fsp3) is 0.545. The lowest BCUT2D eigenvalue weighted by Crippen LogP contribution is -2.41. The summed E-state index contributed by atoms with van der Waals surface area (Å²) in [5.41, 5.74) is 0.428. The van der Waals surface area contributed by atoms with Gasteiger partial charge in [0.2, 0.25) is 0 Å². The number of rotatable bonds is 5. The third-order valence-corrected chi connectivity index (χ3v) is 2.34. The maximum Gasteiger partial charge on any atom is 0.328 e. The van der Waals surface area contributed by atoms with Crippen LogP contribution in [0.5, 0.6) is 0 Å². The van der Waals surface area contributed by atoms with Gasteiger partial charge in [-0.25, -0.2) is 4.79 Å². The molecule has 1 aromatic rings. The first kappa shape index (κ1) is 13.2. The molecule has 0 aliphatic heterocycles. The monoisotopic (exact) mass is 239 g/mol. The van der Waals surface area contributed by atoms with Gasteiger partial charge in [0.15, 0.2) is 0 Å². The Morgan fingerprint density at radius 1 is 1.59 bits per heavy atom. The maximum absolute atomic E-state index is 11.8. The predicted octanol–water partition coefficient (Wildman–Crippen LogP) is 0.492. The van der Waals surface area contributed by atoms with Crippen molar-refractivity contribution in [2.75, 3.05) is 7.11 Å². The lowest BCUT2D eigenvalue weighted by molar-refractivity contribution is -0.143. The first-order valence-corrected chi connectivity index (χ1v) is 5.45. The second kappa shape index (κ2) is 6.03. The van der Waals surface area contributed by atoms with E-state index in [1.54, 1.807) is 13.2 Å². The van der Waals surface area contributed by atoms with Gasteiger partial charge in [-0.2, -0.15) is 5.10 Å². The molecule has 0 saturated carbocycles. The first-order chi connectivity index (χ1) is 8.08. The number of hydrogen-bond donors (Lipinski definition) is 1. The predicted molar refractivity (Wildman–Crippen MR) is 61.4 cm³/mol. The van der Waals surface area contributed by atoms with E-state index in [0.717, 1.165) is 6.42 Å². The number of aromatic nitrogens is 2. The van der Waals surface area contributed by atoms with Gasteiger partial charge >= 0.3 is 5.97 Å². The van der Waals surface area contributed by atoms with Crippen molar-refractivity contribution < 1.29 is 14.3 Å². The fourth-order valence-electron chi connectivity index (χ4n) is 1.46. The normalized spacial score (nSPS) is 11.9. The largest absolute Gasteiger partial charge is 0.467 e. The molecule has 94 valence electrons. The summed E-state index contributed by atoms with van der Waals surface area (Å²) >= 11 is 0. The minimum Gasteiger partial charge on any atom is -0.467 e. The molecule has 1 rings (SSSR count). The molecule has 0 unspecified atom stereocenters. The van der Waals surface area contributed by atoms with Crippen molar-refractivity contribution >= 4 is 11.9 Å². The van der Waals surface area contributed by atoms with Gasteiger partial charge < -0.3 is 10.1 Å². The van der Waals surface area contributed by atoms with E-state index in [-0.39, 0.29) is 5.91 Å². The van der Waals surface area contributed by atoms with Gasteiger partial charge in [-0.05, 0) is 6.42 Å². The molecule has 0 saturated heterocycles. The minimum atomic E-state index is -0.599. The van der Waals surface area contributed by atoms with Crippen LogP contribution in [0.25, 0.3) is 0 Å². The number of carbonyl (C=O) groups excluding carboxylic acids is 2. The molecule has 0 bridgehead atoms. The lowest BCUT2D eigenvalue weighted by Gasteiger charge is -2.14. The van der Waals surface area contributed by atoms with Gasteiger partial charge in [0.25, 0.3) is 5.91 Å². The number of ether oxygens (including phenoxy) is 1. The molecule has 0 fully saturated rings. The van der Waals surface area contributed by atoms with E-state index in [1.165, 1.54) is 18.0 Å². The Bertz CT molecular complexity index is 400. The fourth-order valence-corrected chi connectivity index (χ4v) is 1.46. The van der Waals surface area contributed by atoms with Crippen LogP contribution in [-0.4, -0.2) is 34.8 Å². The lowest BCUT2D eigenvalue weighted by atomic mass is 10.1. The molecule has 1 amide bonds. The molecule has 0 spiro atoms. The molecule has 0 aliphatic rings. The highest BCUT2D eigenvalue weighted by molar-refractivity contribution is 5.96. The molecule has 17 heavy (non-hydrogen) atoms. The molecule has 1 atom stereocenters. The quantitative estimate of drug-likeness (QED) is 0.759. The van der Waals surface area contributed by atoms with Crippen LogP contribution < -0.4 is 5.32 Å². The van der Waals surface area contributed by atoms with Crippen LogP contribution in [0.3, 0.4) is 0 Å². The second-order valence-corrected chi connectivity index (χ2v) is 3.74. The smallest absolute Gasteiger partial charge is 0.328 e. The van der Waals surface area contributed by atoms with E-state index < -0.39 is 12.0 Å². The average molecular weight is 239 g/mol. The van der Waals surface area contributed by atoms with Crippen molar-refractivity contribution in [3.05, 3.63) is 18.0 Å². The van der Waals surface area contributed by atoms with E-state index >= 15 is 0 Å². The van der Waals surface area contributed by atoms with Gasteiger partial charge in [0.1, 0.15) is 6.04 Å². The highest BCUT2D eigenvalue weighted by Crippen LogP contribution is 2.02. The van der Waals surface area contributed by atoms with E-state index in [4.69, 9.17) is 0 Å². The van der Waals surface area contributed by atoms with E-state index in [2.05, 4.69) is 15.2 Å². The van der Waals surface area contributed by atoms with Crippen LogP contribution in [0.2, 0.25) is 0 Å². The number of nitrogens with zero attached hydrogens (tertiary/aromatic N) is 2. The van der Waals surface area contributed by atoms with Gasteiger partial charge in [-0.15, -0.1) is 0 Å². The Labute approximate surface area is 99.9 Å². The van der Waals surface area contributed by atoms with Gasteiger partial charge in [0.05, 0.1) is 18.9 Å². The van der Waals surface area contributed by atoms with E-state index in [9.17, 15) is 9.59 Å². The number of amides is 1. The molecule has 0 aliphatic carbocycles. The maximum atomic E-state index is 11.8. The molecule has 6 heteroatoms. The highest BCUT2D eigenvalue weighted by atomic mass is 16.5. The minimum absolute atomic E-state index is 0.318. The van der Waals surface area contributed by atoms with Crippen molar-refractivity contribution in [3.8, 4) is 0 Å². The topological polar surface area (TPSA) is 73.2 Å². The van der Waals surface area contributed by atoms with Crippen molar-refractivity contribution in [2.45, 2.75) is 25.8 Å². The third kappa shape index (κ3) is 3.58. The van der Waals surface area contributed by atoms with E-state index in [0.29, 0.717) is 12.0 Å². The summed E-state index contributed by atoms with van der Waals surface area (Å²) in [4.78, 5) is 23.2. The third-order valence-electron chi connectivity index (χ3n) is 2.34. The van der Waals surface area contributed by atoms with Gasteiger partial charge in [-0.3, -0.25) is 9.48 Å². The Kier molecular flexibility index (Phi) is 4.68. The second-order valence-electron chi connectivity index (χ2n) is 3.74. The zero-order valence-corrected chi connectivity index (χ0v) is 10.3. The molecule has 0 radical (unpaired) electrons. The van der Waals surface area contributed by atoms with Crippen LogP contribution in [0.1, 0.15) is 30.1 Å². The molecule has 1 heterocycles. The van der Waals surface area contributed by atoms with E-state index in [1.807, 2.05) is 6.92 Å². The SMILES string of the molecule is CCC[C@@H](NC(=O)c1cnn(C)c1)C(=O)OC.